The summed E-state index contributed by atoms with van der Waals surface area (Å²) in [6.45, 7) is 1.24. The van der Waals surface area contributed by atoms with Crippen LogP contribution in [0.2, 0.25) is 0 Å². The number of imide groups is 1. The van der Waals surface area contributed by atoms with Crippen LogP contribution in [0.4, 0.5) is 0 Å². The van der Waals surface area contributed by atoms with E-state index < -0.39 is 35.8 Å². The molecule has 1 unspecified atom stereocenters. The monoisotopic (exact) mass is 511 g/mol. The first-order valence-corrected chi connectivity index (χ1v) is 9.21. The van der Waals surface area contributed by atoms with Crippen LogP contribution in [-0.4, -0.2) is 64.7 Å². The predicted molar refractivity (Wildman–Crippen MR) is 126 cm³/mol. The van der Waals surface area contributed by atoms with Crippen LogP contribution in [0.15, 0.2) is 24.3 Å². The van der Waals surface area contributed by atoms with Crippen LogP contribution >= 0.6 is 37.2 Å². The molecule has 1 aliphatic heterocycles. The number of carboxylic acid groups (broad SMARTS) is 1. The van der Waals surface area contributed by atoms with Crippen LogP contribution in [0.5, 0.6) is 0 Å². The number of rotatable bonds is 10. The first kappa shape index (κ1) is 31.8. The maximum atomic E-state index is 12.9. The van der Waals surface area contributed by atoms with Crippen molar-refractivity contribution >= 4 is 66.7 Å². The van der Waals surface area contributed by atoms with E-state index in [9.17, 15) is 24.3 Å². The molecule has 0 fully saturated rings. The Morgan fingerprint density at radius 1 is 1.06 bits per heavy atom. The van der Waals surface area contributed by atoms with Crippen LogP contribution in [-0.2, 0) is 9.59 Å². The van der Waals surface area contributed by atoms with Crippen LogP contribution < -0.4 is 16.4 Å². The van der Waals surface area contributed by atoms with Gasteiger partial charge in [0.1, 0.15) is 0 Å². The first-order valence-electron chi connectivity index (χ1n) is 9.21. The van der Waals surface area contributed by atoms with Crippen molar-refractivity contribution in [2.45, 2.75) is 31.7 Å². The van der Waals surface area contributed by atoms with E-state index in [-0.39, 0.29) is 67.1 Å². The number of nitrogens with one attached hydrogen (secondary N) is 3. The summed E-state index contributed by atoms with van der Waals surface area (Å²) in [7, 11) is 0. The molecule has 180 valence electrons. The zero-order chi connectivity index (χ0) is 21.6. The second kappa shape index (κ2) is 13.9. The third-order valence-corrected chi connectivity index (χ3v) is 4.79. The van der Waals surface area contributed by atoms with E-state index in [4.69, 9.17) is 11.1 Å². The molecule has 13 heteroatoms. The Hall–Kier alpha value is -2.40. The van der Waals surface area contributed by atoms with Crippen molar-refractivity contribution in [1.82, 2.24) is 15.5 Å². The third-order valence-electron chi connectivity index (χ3n) is 4.79. The molecule has 6 N–H and O–H groups in total. The normalized spacial score (nSPS) is 13.5. The van der Waals surface area contributed by atoms with Gasteiger partial charge in [-0.05, 0) is 38.3 Å². The number of carbonyl (C=O) groups excluding carboxylic acids is 3. The largest absolute Gasteiger partial charge is 0.479 e. The molecule has 1 heterocycles. The summed E-state index contributed by atoms with van der Waals surface area (Å²) in [5.74, 6) is -3.11. The number of halogens is 3. The molecule has 0 aliphatic carbocycles. The molecule has 0 radical (unpaired) electrons. The number of carboxylic acids is 1. The second-order valence-corrected chi connectivity index (χ2v) is 6.82. The van der Waals surface area contributed by atoms with Gasteiger partial charge in [-0.3, -0.25) is 24.7 Å². The minimum Gasteiger partial charge on any atom is -0.479 e. The standard InChI is InChI=1S/C19H25N5O5.3ClH/c1-12(21)22-9-5-4-8-19(18(28)29,11-23-15(25)10-20)24-16(26)13-6-2-3-7-14(13)17(24)27;;;/h2-3,6-7H,4-5,8-11,20H2,1H3,(H2,21,22)(H,23,25)(H,28,29);3*1H. The maximum absolute atomic E-state index is 12.9. The highest BCUT2D eigenvalue weighted by atomic mass is 35.5. The molecule has 2 rings (SSSR count). The van der Waals surface area contributed by atoms with Crippen molar-refractivity contribution in [3.05, 3.63) is 35.4 Å². The number of amides is 3. The Morgan fingerprint density at radius 2 is 1.59 bits per heavy atom. The van der Waals surface area contributed by atoms with Crippen LogP contribution in [0, 0.1) is 5.41 Å². The molecule has 0 saturated carbocycles. The lowest BCUT2D eigenvalue weighted by molar-refractivity contribution is -0.149. The van der Waals surface area contributed by atoms with E-state index in [0.717, 1.165) is 4.90 Å². The molecule has 1 atom stereocenters. The minimum atomic E-state index is -1.95. The smallest absolute Gasteiger partial charge is 0.331 e. The summed E-state index contributed by atoms with van der Waals surface area (Å²) in [5.41, 5.74) is 3.61. The molecule has 0 aromatic heterocycles. The Kier molecular flexibility index (Phi) is 13.8. The van der Waals surface area contributed by atoms with Crippen molar-refractivity contribution < 1.29 is 24.3 Å². The SMILES string of the molecule is CC(=N)NCCCCC(CNC(=O)CN)(C(=O)O)N1C(=O)c2ccccc2C1=O.Cl.Cl.Cl. The lowest BCUT2D eigenvalue weighted by Crippen LogP contribution is -2.63. The topological polar surface area (TPSA) is 166 Å². The van der Waals surface area contributed by atoms with E-state index >= 15 is 0 Å². The number of carbonyl (C=O) groups is 4. The van der Waals surface area contributed by atoms with E-state index in [1.54, 1.807) is 19.1 Å². The Balaban J connectivity index is 0. The average molecular weight is 513 g/mol. The molecule has 1 aromatic rings. The van der Waals surface area contributed by atoms with Gasteiger partial charge in [-0.15, -0.1) is 37.2 Å². The first-order chi connectivity index (χ1) is 13.7. The van der Waals surface area contributed by atoms with Gasteiger partial charge in [-0.2, -0.15) is 0 Å². The van der Waals surface area contributed by atoms with Crippen LogP contribution in [0.1, 0.15) is 46.9 Å². The fourth-order valence-corrected chi connectivity index (χ4v) is 3.27. The number of amidine groups is 1. The third kappa shape index (κ3) is 6.80. The minimum absolute atomic E-state index is 0. The number of unbranched alkanes of at least 4 members (excludes halogenated alkanes) is 1. The number of nitrogens with two attached hydrogens (primary N) is 1. The highest BCUT2D eigenvalue weighted by molar-refractivity contribution is 6.23. The van der Waals surface area contributed by atoms with Crippen LogP contribution in [0.25, 0.3) is 0 Å². The molecular weight excluding hydrogens is 485 g/mol. The molecule has 1 aromatic carbocycles. The fourth-order valence-electron chi connectivity index (χ4n) is 3.27. The zero-order valence-electron chi connectivity index (χ0n) is 17.4. The van der Waals surface area contributed by atoms with Gasteiger partial charge in [-0.25, -0.2) is 4.79 Å². The Morgan fingerprint density at radius 3 is 2.03 bits per heavy atom. The van der Waals surface area contributed by atoms with E-state index in [0.29, 0.717) is 19.4 Å². The van der Waals surface area contributed by atoms with Crippen molar-refractivity contribution in [1.29, 1.82) is 5.41 Å². The molecule has 10 nitrogen and oxygen atoms in total. The number of fused-ring (bicyclic) bond motifs is 1. The summed E-state index contributed by atoms with van der Waals surface area (Å²) in [6, 6.07) is 6.13. The average Bonchev–Trinajstić information content (AvgIpc) is 2.95. The van der Waals surface area contributed by atoms with Gasteiger partial charge >= 0.3 is 5.97 Å². The van der Waals surface area contributed by atoms with E-state index in [1.165, 1.54) is 12.1 Å². The summed E-state index contributed by atoms with van der Waals surface area (Å²) >= 11 is 0. The van der Waals surface area contributed by atoms with Gasteiger partial charge in [0.2, 0.25) is 5.91 Å². The lowest BCUT2D eigenvalue weighted by atomic mass is 9.89. The van der Waals surface area contributed by atoms with Crippen LogP contribution in [0.3, 0.4) is 0 Å². The number of benzene rings is 1. The quantitative estimate of drug-likeness (QED) is 0.136. The molecule has 1 aliphatic rings. The van der Waals surface area contributed by atoms with E-state index in [2.05, 4.69) is 10.6 Å². The molecule has 32 heavy (non-hydrogen) atoms. The number of nitrogens with zero attached hydrogens (tertiary/aromatic N) is 1. The van der Waals surface area contributed by atoms with Gasteiger partial charge < -0.3 is 21.5 Å². The molecule has 0 bridgehead atoms. The molecule has 0 spiro atoms. The van der Waals surface area contributed by atoms with E-state index in [1.807, 2.05) is 0 Å². The van der Waals surface area contributed by atoms with Crippen molar-refractivity contribution in [2.24, 2.45) is 5.73 Å². The van der Waals surface area contributed by atoms with Gasteiger partial charge in [0.25, 0.3) is 11.8 Å². The van der Waals surface area contributed by atoms with Crippen molar-refractivity contribution in [3.8, 4) is 0 Å². The number of hydrogen-bond donors (Lipinski definition) is 5. The Labute approximate surface area is 204 Å². The Bertz CT molecular complexity index is 819. The summed E-state index contributed by atoms with van der Waals surface area (Å²) < 4.78 is 0. The summed E-state index contributed by atoms with van der Waals surface area (Å²) in [4.78, 5) is 50.6. The molecule has 0 saturated heterocycles. The summed E-state index contributed by atoms with van der Waals surface area (Å²) in [6.07, 6.45) is 0.801. The van der Waals surface area contributed by atoms with Crippen molar-refractivity contribution in [3.63, 3.8) is 0 Å². The predicted octanol–water partition coefficient (Wildman–Crippen LogP) is 1.20. The maximum Gasteiger partial charge on any atom is 0.331 e. The second-order valence-electron chi connectivity index (χ2n) is 6.82. The fraction of sp³-hybridized carbons (Fsp3) is 0.421. The van der Waals surface area contributed by atoms with Gasteiger partial charge in [0.15, 0.2) is 5.54 Å². The molecular formula is C19H28Cl3N5O5. The van der Waals surface area contributed by atoms with Crippen molar-refractivity contribution in [2.75, 3.05) is 19.6 Å². The van der Waals surface area contributed by atoms with Gasteiger partial charge in [0, 0.05) is 6.54 Å². The summed E-state index contributed by atoms with van der Waals surface area (Å²) in [5, 5.41) is 22.6. The number of hydrogen-bond acceptors (Lipinski definition) is 6. The highest BCUT2D eigenvalue weighted by Gasteiger charge is 2.53. The lowest BCUT2D eigenvalue weighted by Gasteiger charge is -2.37. The highest BCUT2D eigenvalue weighted by Crippen LogP contribution is 2.33. The number of aliphatic carboxylic acids is 1. The molecule has 3 amide bonds. The zero-order valence-corrected chi connectivity index (χ0v) is 19.8. The van der Waals surface area contributed by atoms with Gasteiger partial charge in [-0.1, -0.05) is 12.1 Å². The van der Waals surface area contributed by atoms with Gasteiger partial charge in [0.05, 0.1) is 30.1 Å².